The first kappa shape index (κ1) is 11.9. The molecule has 0 aromatic carbocycles. The van der Waals surface area contributed by atoms with Gasteiger partial charge in [-0.1, -0.05) is 0 Å². The molecule has 0 heterocycles. The zero-order chi connectivity index (χ0) is 10.3. The number of carbonyl (C=O) groups excluding carboxylic acids is 1. The first-order valence-corrected chi connectivity index (χ1v) is 4.27. The Bertz CT molecular complexity index is 209. The summed E-state index contributed by atoms with van der Waals surface area (Å²) in [6, 6.07) is 1.90. The van der Waals surface area contributed by atoms with Gasteiger partial charge in [-0.3, -0.25) is 4.79 Å². The Morgan fingerprint density at radius 3 is 2.46 bits per heavy atom. The van der Waals surface area contributed by atoms with Crippen molar-refractivity contribution in [1.82, 2.24) is 0 Å². The van der Waals surface area contributed by atoms with Crippen LogP contribution in [-0.2, 0) is 14.3 Å². The highest BCUT2D eigenvalue weighted by Gasteiger charge is 2.35. The maximum Gasteiger partial charge on any atom is 0.328 e. The molecule has 0 N–H and O–H groups in total. The summed E-state index contributed by atoms with van der Waals surface area (Å²) < 4.78 is 9.79. The van der Waals surface area contributed by atoms with Crippen LogP contribution < -0.4 is 0 Å². The van der Waals surface area contributed by atoms with E-state index in [0.29, 0.717) is 6.61 Å². The first-order chi connectivity index (χ1) is 6.10. The average Bonchev–Trinajstić information content (AvgIpc) is 2.14. The van der Waals surface area contributed by atoms with E-state index < -0.39 is 11.4 Å². The largest absolute Gasteiger partial charge is 0.465 e. The van der Waals surface area contributed by atoms with Gasteiger partial charge in [0, 0.05) is 6.61 Å². The molecule has 4 nitrogen and oxygen atoms in total. The van der Waals surface area contributed by atoms with Crippen LogP contribution in [0.2, 0.25) is 0 Å². The van der Waals surface area contributed by atoms with E-state index in [-0.39, 0.29) is 13.2 Å². The molecule has 0 saturated heterocycles. The van der Waals surface area contributed by atoms with Crippen molar-refractivity contribution in [1.29, 1.82) is 5.26 Å². The topological polar surface area (TPSA) is 59.3 Å². The number of hydrogen-bond acceptors (Lipinski definition) is 4. The van der Waals surface area contributed by atoms with Crippen LogP contribution in [0.15, 0.2) is 0 Å². The van der Waals surface area contributed by atoms with E-state index >= 15 is 0 Å². The van der Waals surface area contributed by atoms with Gasteiger partial charge >= 0.3 is 5.97 Å². The number of esters is 1. The predicted octanol–water partition coefficient (Wildman–Crippen LogP) is 1.12. The normalized spacial score (nSPS) is 14.3. The van der Waals surface area contributed by atoms with Crippen LogP contribution in [0.25, 0.3) is 0 Å². The summed E-state index contributed by atoms with van der Waals surface area (Å²) in [5.41, 5.74) is -1.17. The SMILES string of the molecule is CCOCC(C)(C#N)C(=O)OCC. The molecule has 0 amide bonds. The molecule has 0 bridgehead atoms. The third kappa shape index (κ3) is 3.43. The highest BCUT2D eigenvalue weighted by atomic mass is 16.5. The van der Waals surface area contributed by atoms with Crippen molar-refractivity contribution in [2.75, 3.05) is 19.8 Å². The fourth-order valence-corrected chi connectivity index (χ4v) is 0.733. The molecule has 1 atom stereocenters. The molecular formula is C9H15NO3. The van der Waals surface area contributed by atoms with E-state index in [0.717, 1.165) is 0 Å². The van der Waals surface area contributed by atoms with Gasteiger partial charge in [-0.05, 0) is 20.8 Å². The van der Waals surface area contributed by atoms with E-state index in [1.807, 2.05) is 13.0 Å². The molecule has 0 aliphatic heterocycles. The molecule has 0 fully saturated rings. The summed E-state index contributed by atoms with van der Waals surface area (Å²) in [5.74, 6) is -0.522. The highest BCUT2D eigenvalue weighted by molar-refractivity contribution is 5.79. The second-order valence-electron chi connectivity index (χ2n) is 2.80. The highest BCUT2D eigenvalue weighted by Crippen LogP contribution is 2.17. The monoisotopic (exact) mass is 185 g/mol. The molecule has 0 aromatic heterocycles. The van der Waals surface area contributed by atoms with Crippen molar-refractivity contribution in [2.24, 2.45) is 5.41 Å². The Morgan fingerprint density at radius 2 is 2.08 bits per heavy atom. The molecular weight excluding hydrogens is 170 g/mol. The van der Waals surface area contributed by atoms with Crippen molar-refractivity contribution >= 4 is 5.97 Å². The molecule has 0 rings (SSSR count). The van der Waals surface area contributed by atoms with Gasteiger partial charge in [0.2, 0.25) is 0 Å². The number of rotatable bonds is 5. The van der Waals surface area contributed by atoms with Crippen LogP contribution in [0.1, 0.15) is 20.8 Å². The van der Waals surface area contributed by atoms with E-state index in [1.165, 1.54) is 6.92 Å². The van der Waals surface area contributed by atoms with Crippen LogP contribution in [-0.4, -0.2) is 25.8 Å². The smallest absolute Gasteiger partial charge is 0.328 e. The molecule has 74 valence electrons. The van der Waals surface area contributed by atoms with Crippen LogP contribution in [0.4, 0.5) is 0 Å². The minimum Gasteiger partial charge on any atom is -0.465 e. The zero-order valence-corrected chi connectivity index (χ0v) is 8.29. The van der Waals surface area contributed by atoms with Gasteiger partial charge in [0.25, 0.3) is 0 Å². The third-order valence-corrected chi connectivity index (χ3v) is 1.57. The van der Waals surface area contributed by atoms with Crippen LogP contribution in [0, 0.1) is 16.7 Å². The number of nitrogens with zero attached hydrogens (tertiary/aromatic N) is 1. The summed E-state index contributed by atoms with van der Waals surface area (Å²) in [6.07, 6.45) is 0. The van der Waals surface area contributed by atoms with Crippen LogP contribution in [0.5, 0.6) is 0 Å². The Hall–Kier alpha value is -1.08. The van der Waals surface area contributed by atoms with Gasteiger partial charge in [-0.15, -0.1) is 0 Å². The standard InChI is InChI=1S/C9H15NO3/c1-4-12-7-9(3,6-10)8(11)13-5-2/h4-5,7H2,1-3H3. The Kier molecular flexibility index (Phi) is 5.09. The van der Waals surface area contributed by atoms with Crippen LogP contribution >= 0.6 is 0 Å². The fraction of sp³-hybridized carbons (Fsp3) is 0.778. The van der Waals surface area contributed by atoms with E-state index in [4.69, 9.17) is 14.7 Å². The van der Waals surface area contributed by atoms with E-state index in [2.05, 4.69) is 0 Å². The van der Waals surface area contributed by atoms with Crippen molar-refractivity contribution in [3.63, 3.8) is 0 Å². The maximum atomic E-state index is 11.3. The van der Waals surface area contributed by atoms with Gasteiger partial charge < -0.3 is 9.47 Å². The van der Waals surface area contributed by atoms with E-state index in [1.54, 1.807) is 6.92 Å². The predicted molar refractivity (Wildman–Crippen MR) is 46.8 cm³/mol. The van der Waals surface area contributed by atoms with Gasteiger partial charge in [0.1, 0.15) is 0 Å². The molecule has 0 spiro atoms. The minimum atomic E-state index is -1.17. The molecule has 1 unspecified atom stereocenters. The Labute approximate surface area is 78.4 Å². The van der Waals surface area contributed by atoms with Crippen LogP contribution in [0.3, 0.4) is 0 Å². The third-order valence-electron chi connectivity index (χ3n) is 1.57. The summed E-state index contributed by atoms with van der Waals surface area (Å²) in [7, 11) is 0. The number of hydrogen-bond donors (Lipinski definition) is 0. The zero-order valence-electron chi connectivity index (χ0n) is 8.29. The Morgan fingerprint density at radius 1 is 1.46 bits per heavy atom. The Balaban J connectivity index is 4.27. The van der Waals surface area contributed by atoms with Gasteiger partial charge in [0.15, 0.2) is 5.41 Å². The number of carbonyl (C=O) groups is 1. The lowest BCUT2D eigenvalue weighted by atomic mass is 9.94. The fourth-order valence-electron chi connectivity index (χ4n) is 0.733. The molecule has 0 radical (unpaired) electrons. The van der Waals surface area contributed by atoms with Crippen molar-refractivity contribution in [3.05, 3.63) is 0 Å². The van der Waals surface area contributed by atoms with Gasteiger partial charge in [-0.25, -0.2) is 0 Å². The average molecular weight is 185 g/mol. The molecule has 0 aromatic rings. The molecule has 0 saturated carbocycles. The number of nitriles is 1. The van der Waals surface area contributed by atoms with Crippen molar-refractivity contribution in [2.45, 2.75) is 20.8 Å². The molecule has 13 heavy (non-hydrogen) atoms. The van der Waals surface area contributed by atoms with Gasteiger partial charge in [0.05, 0.1) is 19.3 Å². The van der Waals surface area contributed by atoms with Gasteiger partial charge in [-0.2, -0.15) is 5.26 Å². The second kappa shape index (κ2) is 5.55. The lowest BCUT2D eigenvalue weighted by Crippen LogP contribution is -2.33. The van der Waals surface area contributed by atoms with Crippen molar-refractivity contribution < 1.29 is 14.3 Å². The second-order valence-corrected chi connectivity index (χ2v) is 2.80. The molecule has 0 aliphatic carbocycles. The maximum absolute atomic E-state index is 11.3. The number of ether oxygens (including phenoxy) is 2. The van der Waals surface area contributed by atoms with E-state index in [9.17, 15) is 4.79 Å². The summed E-state index contributed by atoms with van der Waals surface area (Å²) >= 11 is 0. The minimum absolute atomic E-state index is 0.0822. The molecule has 4 heteroatoms. The quantitative estimate of drug-likeness (QED) is 0.602. The molecule has 0 aliphatic rings. The van der Waals surface area contributed by atoms with Crippen molar-refractivity contribution in [3.8, 4) is 6.07 Å². The lowest BCUT2D eigenvalue weighted by Gasteiger charge is -2.18. The summed E-state index contributed by atoms with van der Waals surface area (Å²) in [5, 5.41) is 8.78. The summed E-state index contributed by atoms with van der Waals surface area (Å²) in [6.45, 7) is 5.87. The summed E-state index contributed by atoms with van der Waals surface area (Å²) in [4.78, 5) is 11.3. The first-order valence-electron chi connectivity index (χ1n) is 4.27. The lowest BCUT2D eigenvalue weighted by molar-refractivity contribution is -0.153.